The van der Waals surface area contributed by atoms with Gasteiger partial charge in [0, 0.05) is 19.4 Å². The fourth-order valence-electron chi connectivity index (χ4n) is 5.19. The third-order valence-electron chi connectivity index (χ3n) is 7.43. The maximum Gasteiger partial charge on any atom is 0.195 e. The zero-order valence-corrected chi connectivity index (χ0v) is 18.9. The molecule has 1 saturated heterocycles. The Morgan fingerprint density at radius 1 is 1.27 bits per heavy atom. The molecule has 4 rings (SSSR count). The van der Waals surface area contributed by atoms with Gasteiger partial charge < -0.3 is 18.6 Å². The van der Waals surface area contributed by atoms with Crippen molar-refractivity contribution in [1.29, 1.82) is 0 Å². The molecule has 0 spiro atoms. The minimum atomic E-state index is -1.90. The van der Waals surface area contributed by atoms with E-state index in [4.69, 9.17) is 18.6 Å². The molecule has 0 radical (unpaired) electrons. The molecular weight excluding hydrogens is 344 g/mol. The quantitative estimate of drug-likeness (QED) is 0.249. The minimum absolute atomic E-state index is 0.186. The van der Waals surface area contributed by atoms with Gasteiger partial charge in [0.05, 0.1) is 6.61 Å². The minimum Gasteiger partial charge on any atom is -0.390 e. The summed E-state index contributed by atoms with van der Waals surface area (Å²) >= 11 is 0. The first-order chi connectivity index (χ1) is 11.9. The topological polar surface area (TPSA) is 36.9 Å². The van der Waals surface area contributed by atoms with E-state index < -0.39 is 8.32 Å². The van der Waals surface area contributed by atoms with Crippen molar-refractivity contribution in [2.45, 2.75) is 89.3 Å². The first-order valence-electron chi connectivity index (χ1n) is 10.1. The normalized spacial score (nSPS) is 39.0. The Hall–Kier alpha value is -0.203. The molecule has 0 aromatic heterocycles. The van der Waals surface area contributed by atoms with Crippen molar-refractivity contribution in [3.8, 4) is 0 Å². The lowest BCUT2D eigenvalue weighted by molar-refractivity contribution is -0.451. The Morgan fingerprint density at radius 3 is 2.54 bits per heavy atom. The highest BCUT2D eigenvalue weighted by Gasteiger charge is 2.76. The number of methoxy groups -OCH3 is 1. The molecule has 150 valence electrons. The van der Waals surface area contributed by atoms with E-state index >= 15 is 0 Å². The molecule has 3 saturated carbocycles. The summed E-state index contributed by atoms with van der Waals surface area (Å²) in [5, 5.41) is 0.186. The molecule has 1 heterocycles. The predicted molar refractivity (Wildman–Crippen MR) is 106 cm³/mol. The molecule has 4 aliphatic rings. The number of ether oxygens (including phenoxy) is 3. The van der Waals surface area contributed by atoms with Gasteiger partial charge in [-0.1, -0.05) is 34.3 Å². The van der Waals surface area contributed by atoms with Gasteiger partial charge in [-0.15, -0.1) is 0 Å². The van der Waals surface area contributed by atoms with Crippen LogP contribution in [0.5, 0.6) is 0 Å². The van der Waals surface area contributed by atoms with Gasteiger partial charge in [-0.05, 0) is 54.8 Å². The number of hydrogen-bond acceptors (Lipinski definition) is 4. The van der Waals surface area contributed by atoms with Crippen LogP contribution in [0.4, 0.5) is 0 Å². The van der Waals surface area contributed by atoms with Gasteiger partial charge in [-0.3, -0.25) is 0 Å². The van der Waals surface area contributed by atoms with Crippen LogP contribution in [0, 0.1) is 11.3 Å². The van der Waals surface area contributed by atoms with Crippen molar-refractivity contribution in [3.63, 3.8) is 0 Å². The Kier molecular flexibility index (Phi) is 5.06. The summed E-state index contributed by atoms with van der Waals surface area (Å²) in [6, 6.07) is 0. The van der Waals surface area contributed by atoms with E-state index in [2.05, 4.69) is 47.4 Å². The third-order valence-corrected chi connectivity index (χ3v) is 11.9. The van der Waals surface area contributed by atoms with Crippen LogP contribution in [0.15, 0.2) is 12.2 Å². The highest BCUT2D eigenvalue weighted by atomic mass is 28.4. The van der Waals surface area contributed by atoms with Gasteiger partial charge in [0.25, 0.3) is 0 Å². The van der Waals surface area contributed by atoms with Crippen LogP contribution in [0.25, 0.3) is 0 Å². The molecule has 0 amide bonds. The Bertz CT molecular complexity index is 569. The molecule has 4 fully saturated rings. The van der Waals surface area contributed by atoms with Gasteiger partial charge in [-0.2, -0.15) is 0 Å². The molecule has 0 aromatic rings. The Balaban J connectivity index is 1.77. The zero-order valence-electron chi connectivity index (χ0n) is 17.9. The van der Waals surface area contributed by atoms with E-state index in [1.165, 1.54) is 18.4 Å². The maximum atomic E-state index is 6.94. The molecule has 4 nitrogen and oxygen atoms in total. The van der Waals surface area contributed by atoms with E-state index in [1.807, 2.05) is 0 Å². The van der Waals surface area contributed by atoms with E-state index in [0.29, 0.717) is 24.7 Å². The van der Waals surface area contributed by atoms with Gasteiger partial charge in [0.2, 0.25) is 0 Å². The summed E-state index contributed by atoms with van der Waals surface area (Å²) < 4.78 is 24.1. The number of hydrogen-bond donors (Lipinski definition) is 0. The molecule has 4 bridgehead atoms. The lowest BCUT2D eigenvalue weighted by Crippen LogP contribution is -2.80. The largest absolute Gasteiger partial charge is 0.390 e. The molecule has 4 atom stereocenters. The second kappa shape index (κ2) is 6.41. The smallest absolute Gasteiger partial charge is 0.195 e. The third kappa shape index (κ3) is 3.14. The first kappa shape index (κ1) is 20.5. The van der Waals surface area contributed by atoms with Crippen molar-refractivity contribution in [1.82, 2.24) is 0 Å². The van der Waals surface area contributed by atoms with Gasteiger partial charge in [-0.25, -0.2) is 0 Å². The summed E-state index contributed by atoms with van der Waals surface area (Å²) in [5.41, 5.74) is 1.27. The van der Waals surface area contributed by atoms with Crippen molar-refractivity contribution in [2.24, 2.45) is 11.3 Å². The van der Waals surface area contributed by atoms with Crippen LogP contribution in [0.2, 0.25) is 18.1 Å². The lowest BCUT2D eigenvalue weighted by Gasteiger charge is -2.75. The molecular formula is C21H38O4Si. The van der Waals surface area contributed by atoms with Crippen LogP contribution < -0.4 is 0 Å². The average molecular weight is 383 g/mol. The number of fused-ring (bicyclic) bond motifs is 1. The predicted octanol–water partition coefficient (Wildman–Crippen LogP) is 5.25. The van der Waals surface area contributed by atoms with Crippen LogP contribution in [-0.2, 0) is 18.6 Å². The van der Waals surface area contributed by atoms with Gasteiger partial charge >= 0.3 is 0 Å². The lowest BCUT2D eigenvalue weighted by atomic mass is 9.47. The fourth-order valence-corrected chi connectivity index (χ4v) is 6.61. The molecule has 26 heavy (non-hydrogen) atoms. The second-order valence-corrected chi connectivity index (χ2v) is 15.3. The van der Waals surface area contributed by atoms with Crippen LogP contribution in [-0.4, -0.2) is 40.2 Å². The Morgan fingerprint density at radius 2 is 1.96 bits per heavy atom. The summed E-state index contributed by atoms with van der Waals surface area (Å²) in [7, 11) is -0.248. The average Bonchev–Trinajstić information content (AvgIpc) is 2.48. The zero-order chi connectivity index (χ0) is 19.4. The maximum absolute atomic E-state index is 6.94. The number of rotatable bonds is 8. The van der Waals surface area contributed by atoms with Crippen molar-refractivity contribution in [2.75, 3.05) is 20.5 Å². The van der Waals surface area contributed by atoms with E-state index in [9.17, 15) is 0 Å². The van der Waals surface area contributed by atoms with E-state index in [0.717, 1.165) is 19.3 Å². The molecule has 4 unspecified atom stereocenters. The monoisotopic (exact) mass is 382 g/mol. The van der Waals surface area contributed by atoms with Gasteiger partial charge in [0.1, 0.15) is 12.4 Å². The Labute approximate surface area is 160 Å². The first-order valence-corrected chi connectivity index (χ1v) is 13.0. The van der Waals surface area contributed by atoms with Crippen LogP contribution in [0.3, 0.4) is 0 Å². The highest BCUT2D eigenvalue weighted by molar-refractivity contribution is 6.74. The van der Waals surface area contributed by atoms with Crippen molar-refractivity contribution < 1.29 is 18.6 Å². The molecule has 1 aliphatic heterocycles. The molecule has 3 aliphatic carbocycles. The summed E-state index contributed by atoms with van der Waals surface area (Å²) in [6.45, 7) is 19.4. The van der Waals surface area contributed by atoms with Crippen LogP contribution in [0.1, 0.15) is 59.8 Å². The SMILES string of the molecule is C=C(CCOCOC)C12CC3(C)CCC1C(O[Si](C)(C)C(C)(C)C)(C3)O2. The molecule has 0 aromatic carbocycles. The summed E-state index contributed by atoms with van der Waals surface area (Å²) in [5.74, 6) is 0.0609. The summed E-state index contributed by atoms with van der Waals surface area (Å²) in [6.07, 6.45) is 5.40. The highest BCUT2D eigenvalue weighted by Crippen LogP contribution is 2.72. The van der Waals surface area contributed by atoms with Gasteiger partial charge in [0.15, 0.2) is 14.1 Å². The second-order valence-electron chi connectivity index (χ2n) is 10.6. The standard InChI is InChI=1S/C21H38O4Si/c1-16(10-12-23-15-22-6)20-13-19(5)11-9-17(20)21(14-19,24-20)25-26(7,8)18(2,3)4/h17H,1,9-15H2,2-8H3. The fraction of sp³-hybridized carbons (Fsp3) is 0.905. The summed E-state index contributed by atoms with van der Waals surface area (Å²) in [4.78, 5) is 0. The van der Waals surface area contributed by atoms with Crippen molar-refractivity contribution >= 4 is 8.32 Å². The molecule has 5 heteroatoms. The van der Waals surface area contributed by atoms with E-state index in [1.54, 1.807) is 7.11 Å². The molecule has 0 N–H and O–H groups in total. The van der Waals surface area contributed by atoms with E-state index in [-0.39, 0.29) is 16.4 Å². The van der Waals surface area contributed by atoms with Crippen molar-refractivity contribution in [3.05, 3.63) is 12.2 Å². The van der Waals surface area contributed by atoms with Crippen LogP contribution >= 0.6 is 0 Å².